The second-order valence-electron chi connectivity index (χ2n) is 14.8. The number of amides is 1. The Hall–Kier alpha value is -6.20. The van der Waals surface area contributed by atoms with E-state index in [1.54, 1.807) is 26.0 Å². The molecule has 64 heavy (non-hydrogen) atoms. The summed E-state index contributed by atoms with van der Waals surface area (Å²) in [4.78, 5) is 35.1. The van der Waals surface area contributed by atoms with Gasteiger partial charge in [-0.15, -0.1) is 32.2 Å². The minimum Gasteiger partial charge on any atom is -0.497 e. The lowest BCUT2D eigenvalue weighted by Gasteiger charge is -2.14. The van der Waals surface area contributed by atoms with Gasteiger partial charge in [-0.3, -0.25) is 23.9 Å². The van der Waals surface area contributed by atoms with Crippen LogP contribution in [0.5, 0.6) is 11.5 Å². The van der Waals surface area contributed by atoms with Gasteiger partial charge in [-0.05, 0) is 88.5 Å². The number of nitrogens with one attached hydrogen (secondary N) is 2. The minimum absolute atomic E-state index is 0.0741. The molecule has 15 nitrogen and oxygen atoms in total. The van der Waals surface area contributed by atoms with Crippen molar-refractivity contribution in [1.82, 2.24) is 40.2 Å². The third-order valence-corrected chi connectivity index (χ3v) is 11.8. The number of ether oxygens (including phenoxy) is 3. The Morgan fingerprint density at radius 2 is 1.31 bits per heavy atom. The number of thioether (sulfide) groups is 1. The van der Waals surface area contributed by atoms with Crippen LogP contribution in [-0.4, -0.2) is 106 Å². The van der Waals surface area contributed by atoms with Crippen molar-refractivity contribution >= 4 is 47.0 Å². The number of aromatic nitrogens is 6. The number of rotatable bonds is 16. The number of aliphatic imine (C=N–C) groups is 2. The first-order chi connectivity index (χ1) is 31.2. The van der Waals surface area contributed by atoms with Gasteiger partial charge in [-0.1, -0.05) is 35.9 Å². The summed E-state index contributed by atoms with van der Waals surface area (Å²) in [6.07, 6.45) is 1.26. The number of halogens is 1. The number of fused-ring (bicyclic) bond motifs is 6. The first-order valence-electron chi connectivity index (χ1n) is 21.0. The summed E-state index contributed by atoms with van der Waals surface area (Å²) in [6, 6.07) is 26.6. The van der Waals surface area contributed by atoms with E-state index in [2.05, 4.69) is 55.3 Å². The fraction of sp³-hybridized carbons (Fsp3) is 0.319. The molecule has 2 atom stereocenters. The highest BCUT2D eigenvalue weighted by atomic mass is 35.5. The Balaban J connectivity index is 0.000000201. The van der Waals surface area contributed by atoms with Gasteiger partial charge in [0.1, 0.15) is 41.5 Å². The number of nitrogens with zero attached hydrogens (tertiary/aromatic N) is 8. The Bertz CT molecular complexity index is 2650. The van der Waals surface area contributed by atoms with Gasteiger partial charge in [0.2, 0.25) is 5.91 Å². The second-order valence-corrected chi connectivity index (χ2v) is 16.4. The maximum atomic E-state index is 12.6. The highest BCUT2D eigenvalue weighted by Gasteiger charge is 2.31. The van der Waals surface area contributed by atoms with E-state index in [1.165, 1.54) is 0 Å². The van der Waals surface area contributed by atoms with Crippen LogP contribution in [0.1, 0.15) is 77.4 Å². The molecule has 1 unspecified atom stereocenters. The van der Waals surface area contributed by atoms with Crippen LogP contribution in [0.4, 0.5) is 0 Å². The molecule has 6 aromatic rings. The van der Waals surface area contributed by atoms with Crippen LogP contribution in [0.3, 0.4) is 0 Å². The third-order valence-electron chi connectivity index (χ3n) is 10.6. The summed E-state index contributed by atoms with van der Waals surface area (Å²) in [5.41, 5.74) is 7.01. The number of carbonyl (C=O) groups is 2. The Morgan fingerprint density at radius 1 is 0.766 bits per heavy atom. The lowest BCUT2D eigenvalue weighted by atomic mass is 10.00. The van der Waals surface area contributed by atoms with E-state index in [1.807, 2.05) is 97.6 Å². The first-order valence-corrected chi connectivity index (χ1v) is 22.3. The summed E-state index contributed by atoms with van der Waals surface area (Å²) in [7, 11) is 5.19. The van der Waals surface area contributed by atoms with E-state index in [4.69, 9.17) is 35.8 Å². The molecule has 2 aromatic heterocycles. The van der Waals surface area contributed by atoms with E-state index >= 15 is 0 Å². The Labute approximate surface area is 381 Å². The summed E-state index contributed by atoms with van der Waals surface area (Å²) in [5.74, 6) is 5.03. The quantitative estimate of drug-likeness (QED) is 0.0580. The topological polar surface area (TPSA) is 172 Å². The van der Waals surface area contributed by atoms with Crippen molar-refractivity contribution in [3.63, 3.8) is 0 Å². The van der Waals surface area contributed by atoms with Crippen molar-refractivity contribution in [2.75, 3.05) is 53.3 Å². The molecule has 0 aliphatic carbocycles. The van der Waals surface area contributed by atoms with Gasteiger partial charge in [-0.25, -0.2) is 0 Å². The van der Waals surface area contributed by atoms with E-state index in [9.17, 15) is 9.59 Å². The molecule has 8 rings (SSSR count). The van der Waals surface area contributed by atoms with Gasteiger partial charge < -0.3 is 29.6 Å². The molecule has 0 fully saturated rings. The molecule has 332 valence electrons. The molecule has 17 heteroatoms. The normalized spacial score (nSPS) is 14.8. The zero-order valence-electron chi connectivity index (χ0n) is 36.7. The number of hydrogen-bond donors (Lipinski definition) is 2. The van der Waals surface area contributed by atoms with Crippen LogP contribution < -0.4 is 20.1 Å². The fourth-order valence-electron chi connectivity index (χ4n) is 7.51. The van der Waals surface area contributed by atoms with Crippen molar-refractivity contribution in [2.24, 2.45) is 9.98 Å². The van der Waals surface area contributed by atoms with Gasteiger partial charge in [0.05, 0.1) is 56.7 Å². The lowest BCUT2D eigenvalue weighted by Crippen LogP contribution is -2.25. The van der Waals surface area contributed by atoms with Crippen LogP contribution in [0.2, 0.25) is 5.02 Å². The van der Waals surface area contributed by atoms with Gasteiger partial charge >= 0.3 is 0 Å². The molecule has 0 saturated heterocycles. The molecule has 2 aliphatic rings. The van der Waals surface area contributed by atoms with Crippen LogP contribution >= 0.6 is 23.4 Å². The van der Waals surface area contributed by atoms with Crippen molar-refractivity contribution in [1.29, 1.82) is 0 Å². The summed E-state index contributed by atoms with van der Waals surface area (Å²) < 4.78 is 20.5. The van der Waals surface area contributed by atoms with Crippen molar-refractivity contribution in [3.8, 4) is 22.9 Å². The predicted molar refractivity (Wildman–Crippen MR) is 249 cm³/mol. The largest absolute Gasteiger partial charge is 0.497 e. The monoisotopic (exact) mass is 902 g/mol. The number of methoxy groups -OCH3 is 2. The zero-order valence-corrected chi connectivity index (χ0v) is 38.2. The van der Waals surface area contributed by atoms with Gasteiger partial charge in [0.25, 0.3) is 0 Å². The average molecular weight is 904 g/mol. The zero-order chi connectivity index (χ0) is 45.2. The molecule has 2 N–H and O–H groups in total. The van der Waals surface area contributed by atoms with E-state index < -0.39 is 12.1 Å². The van der Waals surface area contributed by atoms with Crippen LogP contribution in [0.15, 0.2) is 99.8 Å². The van der Waals surface area contributed by atoms with Crippen molar-refractivity contribution in [3.05, 3.63) is 136 Å². The number of carbonyl (C=O) groups excluding carboxylic acids is 2. The first kappa shape index (κ1) is 45.8. The highest BCUT2D eigenvalue weighted by molar-refractivity contribution is 7.99. The van der Waals surface area contributed by atoms with Crippen molar-refractivity contribution < 1.29 is 23.8 Å². The van der Waals surface area contributed by atoms with Crippen LogP contribution in [-0.2, 0) is 14.3 Å². The molecule has 0 radical (unpaired) electrons. The molecule has 4 heterocycles. The van der Waals surface area contributed by atoms with Gasteiger partial charge in [0.15, 0.2) is 11.6 Å². The average Bonchev–Trinajstić information content (AvgIpc) is 3.81. The summed E-state index contributed by atoms with van der Waals surface area (Å²) in [5, 5.41) is 23.9. The molecule has 0 spiro atoms. The fourth-order valence-corrected chi connectivity index (χ4v) is 8.40. The van der Waals surface area contributed by atoms with Crippen LogP contribution in [0, 0.1) is 13.8 Å². The molecule has 2 aliphatic heterocycles. The third kappa shape index (κ3) is 10.3. The Kier molecular flexibility index (Phi) is 15.4. The predicted octanol–water partition coefficient (Wildman–Crippen LogP) is 7.05. The molecule has 0 saturated carbocycles. The van der Waals surface area contributed by atoms with Gasteiger partial charge in [-0.2, -0.15) is 0 Å². The standard InChI is InChI=1S/C27H34N6O3S.C20H17ClN4O2/c1-5-29-25(34)17-23-27-32-31-18(2)33(27)24-11-8-20(35-4)16-22(24)26(30-23)19-6-9-21(10-7-19)37-15-14-36-13-12-28-3;1-12-23-24-20-17(9-10-26)22-19(13-3-5-14(21)6-4-13)16-11-15(27-2)7-8-18(16)25(12)20/h6-11,16,23,28H,5,12-15,17H2,1-4H3,(H,29,34);3-8,10-11,17H,9H2,1-2H3/t;17-/m.0/s1. The maximum Gasteiger partial charge on any atom is 0.222 e. The van der Waals surface area contributed by atoms with Gasteiger partial charge in [0, 0.05) is 57.4 Å². The molecule has 1 amide bonds. The lowest BCUT2D eigenvalue weighted by molar-refractivity contribution is -0.121. The number of aldehydes is 1. The number of benzene rings is 4. The molecule has 4 aromatic carbocycles. The van der Waals surface area contributed by atoms with E-state index in [0.29, 0.717) is 36.4 Å². The summed E-state index contributed by atoms with van der Waals surface area (Å²) >= 11 is 7.81. The maximum absolute atomic E-state index is 12.6. The molecular weight excluding hydrogens is 852 g/mol. The SMILES string of the molecule is CCNC(=O)CC1N=C(c2ccc(SCCOCCNC)cc2)c2cc(OC)ccc2-n2c(C)nnc21.COc1ccc2c(c1)C(c1ccc(Cl)cc1)=N[C@@H](CC=O)c1nnc(C)n1-2. The number of hydrogen-bond acceptors (Lipinski definition) is 13. The second kappa shape index (κ2) is 21.5. The highest BCUT2D eigenvalue weighted by Crippen LogP contribution is 2.36. The molecular formula is C47H51ClN10O5S. The number of aryl methyl sites for hydroxylation is 2. The smallest absolute Gasteiger partial charge is 0.222 e. The van der Waals surface area contributed by atoms with Crippen LogP contribution in [0.25, 0.3) is 11.4 Å². The van der Waals surface area contributed by atoms with E-state index in [0.717, 1.165) is 91.7 Å². The Morgan fingerprint density at radius 3 is 1.84 bits per heavy atom. The number of likely N-dealkylation sites (N-methyl/N-ethyl adjacent to an activating group) is 1. The van der Waals surface area contributed by atoms with Crippen molar-refractivity contribution in [2.45, 2.75) is 50.6 Å². The minimum atomic E-state index is -0.482. The van der Waals surface area contributed by atoms with E-state index in [-0.39, 0.29) is 18.7 Å². The summed E-state index contributed by atoms with van der Waals surface area (Å²) in [6.45, 7) is 8.53. The molecule has 0 bridgehead atoms.